The molecule has 0 saturated carbocycles. The molecule has 1 aromatic rings. The number of carbonyl (C=O) groups is 1. The van der Waals surface area contributed by atoms with E-state index < -0.39 is 0 Å². The Morgan fingerprint density at radius 1 is 1.30 bits per heavy atom. The third kappa shape index (κ3) is 5.22. The second-order valence-corrected chi connectivity index (χ2v) is 6.50. The van der Waals surface area contributed by atoms with Crippen molar-refractivity contribution in [2.45, 2.75) is 26.8 Å². The molecule has 5 heteroatoms. The summed E-state index contributed by atoms with van der Waals surface area (Å²) in [6.45, 7) is 10.7. The standard InChI is InChI=1S/C18H29N3O2/c1-14-6-5-7-15(2)18(14)23-11-8-19-17(22)13-21-10-9-20(4)12-16(21)3/h5-7,16H,8-13H2,1-4H3,(H,19,22)/t16-/m0/s1. The molecule has 0 bridgehead atoms. The zero-order valence-electron chi connectivity index (χ0n) is 14.8. The van der Waals surface area contributed by atoms with E-state index in [2.05, 4.69) is 29.1 Å². The molecule has 0 aliphatic carbocycles. The van der Waals surface area contributed by atoms with Crippen LogP contribution in [0.15, 0.2) is 18.2 Å². The molecule has 1 fully saturated rings. The Balaban J connectivity index is 1.69. The van der Waals surface area contributed by atoms with E-state index in [4.69, 9.17) is 4.74 Å². The molecule has 0 radical (unpaired) electrons. The van der Waals surface area contributed by atoms with E-state index in [1.54, 1.807) is 0 Å². The molecular formula is C18H29N3O2. The van der Waals surface area contributed by atoms with Crippen LogP contribution >= 0.6 is 0 Å². The van der Waals surface area contributed by atoms with Crippen molar-refractivity contribution in [3.63, 3.8) is 0 Å². The van der Waals surface area contributed by atoms with E-state index in [0.717, 1.165) is 36.5 Å². The van der Waals surface area contributed by atoms with Crippen LogP contribution in [0.2, 0.25) is 0 Å². The minimum absolute atomic E-state index is 0.0755. The van der Waals surface area contributed by atoms with E-state index in [1.807, 2.05) is 32.0 Å². The van der Waals surface area contributed by atoms with Crippen molar-refractivity contribution in [3.05, 3.63) is 29.3 Å². The SMILES string of the molecule is Cc1cccc(C)c1OCCNC(=O)CN1CCN(C)C[C@@H]1C. The number of nitrogens with zero attached hydrogens (tertiary/aromatic N) is 2. The normalized spacial score (nSPS) is 19.6. The lowest BCUT2D eigenvalue weighted by Gasteiger charge is -2.37. The van der Waals surface area contributed by atoms with Gasteiger partial charge in [-0.2, -0.15) is 0 Å². The summed E-state index contributed by atoms with van der Waals surface area (Å²) in [5, 5.41) is 2.95. The van der Waals surface area contributed by atoms with Crippen LogP contribution < -0.4 is 10.1 Å². The molecule has 1 saturated heterocycles. The molecule has 1 aromatic carbocycles. The topological polar surface area (TPSA) is 44.8 Å². The largest absolute Gasteiger partial charge is 0.491 e. The van der Waals surface area contributed by atoms with Crippen LogP contribution in [0.3, 0.4) is 0 Å². The van der Waals surface area contributed by atoms with Gasteiger partial charge in [-0.3, -0.25) is 9.69 Å². The summed E-state index contributed by atoms with van der Waals surface area (Å²) in [4.78, 5) is 16.6. The van der Waals surface area contributed by atoms with Gasteiger partial charge in [0.1, 0.15) is 12.4 Å². The Hall–Kier alpha value is -1.59. The second-order valence-electron chi connectivity index (χ2n) is 6.50. The highest BCUT2D eigenvalue weighted by Gasteiger charge is 2.22. The molecule has 1 amide bonds. The minimum Gasteiger partial charge on any atom is -0.491 e. The second kappa shape index (κ2) is 8.31. The summed E-state index contributed by atoms with van der Waals surface area (Å²) in [6, 6.07) is 6.52. The number of carbonyl (C=O) groups excluding carboxylic acids is 1. The maximum Gasteiger partial charge on any atom is 0.234 e. The summed E-state index contributed by atoms with van der Waals surface area (Å²) >= 11 is 0. The first-order chi connectivity index (χ1) is 11.0. The smallest absolute Gasteiger partial charge is 0.234 e. The molecule has 23 heavy (non-hydrogen) atoms. The summed E-state index contributed by atoms with van der Waals surface area (Å²) in [7, 11) is 2.12. The fourth-order valence-corrected chi connectivity index (χ4v) is 3.02. The average Bonchev–Trinajstić information content (AvgIpc) is 2.49. The number of amides is 1. The van der Waals surface area contributed by atoms with Crippen LogP contribution in [0, 0.1) is 13.8 Å². The molecule has 1 N–H and O–H groups in total. The first kappa shape index (κ1) is 17.8. The van der Waals surface area contributed by atoms with E-state index >= 15 is 0 Å². The molecule has 0 aromatic heterocycles. The van der Waals surface area contributed by atoms with Crippen molar-refractivity contribution in [1.29, 1.82) is 0 Å². The Bertz CT molecular complexity index is 513. The number of hydrogen-bond donors (Lipinski definition) is 1. The molecule has 1 atom stereocenters. The van der Waals surface area contributed by atoms with E-state index in [0.29, 0.717) is 25.7 Å². The van der Waals surface area contributed by atoms with Crippen molar-refractivity contribution in [2.24, 2.45) is 0 Å². The van der Waals surface area contributed by atoms with Crippen LogP contribution in [0.4, 0.5) is 0 Å². The number of rotatable bonds is 6. The first-order valence-corrected chi connectivity index (χ1v) is 8.35. The Labute approximate surface area is 139 Å². The van der Waals surface area contributed by atoms with Crippen molar-refractivity contribution < 1.29 is 9.53 Å². The zero-order valence-corrected chi connectivity index (χ0v) is 14.8. The molecule has 0 unspecified atom stereocenters. The molecule has 5 nitrogen and oxygen atoms in total. The number of aryl methyl sites for hydroxylation is 2. The number of likely N-dealkylation sites (N-methyl/N-ethyl adjacent to an activating group) is 1. The van der Waals surface area contributed by atoms with Gasteiger partial charge >= 0.3 is 0 Å². The summed E-state index contributed by atoms with van der Waals surface area (Å²) in [5.74, 6) is 1.00. The van der Waals surface area contributed by atoms with Gasteiger partial charge in [0.25, 0.3) is 0 Å². The number of para-hydroxylation sites is 1. The predicted molar refractivity (Wildman–Crippen MR) is 93.0 cm³/mol. The molecule has 1 aliphatic heterocycles. The first-order valence-electron chi connectivity index (χ1n) is 8.35. The van der Waals surface area contributed by atoms with Crippen LogP contribution in [-0.4, -0.2) is 68.1 Å². The number of nitrogens with one attached hydrogen (secondary N) is 1. The van der Waals surface area contributed by atoms with E-state index in [1.165, 1.54) is 0 Å². The highest BCUT2D eigenvalue weighted by Crippen LogP contribution is 2.21. The van der Waals surface area contributed by atoms with E-state index in [-0.39, 0.29) is 5.91 Å². The summed E-state index contributed by atoms with van der Waals surface area (Å²) in [5.41, 5.74) is 2.25. The van der Waals surface area contributed by atoms with Crippen molar-refractivity contribution in [2.75, 3.05) is 46.4 Å². The van der Waals surface area contributed by atoms with Gasteiger partial charge in [0.15, 0.2) is 0 Å². The molecule has 1 heterocycles. The van der Waals surface area contributed by atoms with Gasteiger partial charge in [0, 0.05) is 25.7 Å². The van der Waals surface area contributed by atoms with Crippen LogP contribution in [0.5, 0.6) is 5.75 Å². The average molecular weight is 319 g/mol. The highest BCUT2D eigenvalue weighted by atomic mass is 16.5. The van der Waals surface area contributed by atoms with Crippen LogP contribution in [-0.2, 0) is 4.79 Å². The summed E-state index contributed by atoms with van der Waals surface area (Å²) < 4.78 is 5.81. The monoisotopic (exact) mass is 319 g/mol. The van der Waals surface area contributed by atoms with Gasteiger partial charge < -0.3 is 15.0 Å². The quantitative estimate of drug-likeness (QED) is 0.806. The molecule has 128 valence electrons. The van der Waals surface area contributed by atoms with Crippen molar-refractivity contribution in [1.82, 2.24) is 15.1 Å². The van der Waals surface area contributed by atoms with Gasteiger partial charge in [0.05, 0.1) is 13.1 Å². The number of benzene rings is 1. The highest BCUT2D eigenvalue weighted by molar-refractivity contribution is 5.78. The fourth-order valence-electron chi connectivity index (χ4n) is 3.02. The van der Waals surface area contributed by atoms with Gasteiger partial charge in [0.2, 0.25) is 5.91 Å². The van der Waals surface area contributed by atoms with Gasteiger partial charge in [-0.1, -0.05) is 18.2 Å². The van der Waals surface area contributed by atoms with Gasteiger partial charge in [-0.25, -0.2) is 0 Å². The van der Waals surface area contributed by atoms with Gasteiger partial charge in [-0.15, -0.1) is 0 Å². The zero-order chi connectivity index (χ0) is 16.8. The number of piperazine rings is 1. The lowest BCUT2D eigenvalue weighted by molar-refractivity contribution is -0.123. The van der Waals surface area contributed by atoms with Crippen molar-refractivity contribution in [3.8, 4) is 5.75 Å². The Kier molecular flexibility index (Phi) is 6.42. The predicted octanol–water partition coefficient (Wildman–Crippen LogP) is 1.43. The third-order valence-corrected chi connectivity index (χ3v) is 4.39. The molecule has 0 spiro atoms. The number of hydrogen-bond acceptors (Lipinski definition) is 4. The summed E-state index contributed by atoms with van der Waals surface area (Å²) in [6.07, 6.45) is 0. The Morgan fingerprint density at radius 2 is 2.00 bits per heavy atom. The van der Waals surface area contributed by atoms with E-state index in [9.17, 15) is 4.79 Å². The molecule has 1 aliphatic rings. The fraction of sp³-hybridized carbons (Fsp3) is 0.611. The van der Waals surface area contributed by atoms with Crippen LogP contribution in [0.1, 0.15) is 18.1 Å². The lowest BCUT2D eigenvalue weighted by atomic mass is 10.1. The van der Waals surface area contributed by atoms with Crippen molar-refractivity contribution >= 4 is 5.91 Å². The molecule has 2 rings (SSSR count). The number of ether oxygens (including phenoxy) is 1. The minimum atomic E-state index is 0.0755. The van der Waals surface area contributed by atoms with Crippen LogP contribution in [0.25, 0.3) is 0 Å². The maximum absolute atomic E-state index is 12.1. The lowest BCUT2D eigenvalue weighted by Crippen LogP contribution is -2.53. The maximum atomic E-state index is 12.1. The van der Waals surface area contributed by atoms with Gasteiger partial charge in [-0.05, 0) is 38.9 Å². The third-order valence-electron chi connectivity index (χ3n) is 4.39. The molecular weight excluding hydrogens is 290 g/mol. The Morgan fingerprint density at radius 3 is 2.65 bits per heavy atom.